The summed E-state index contributed by atoms with van der Waals surface area (Å²) >= 11 is 0. The Hall–Kier alpha value is -4.34. The molecule has 0 fully saturated rings. The van der Waals surface area contributed by atoms with Gasteiger partial charge in [0.2, 0.25) is 17.7 Å². The van der Waals surface area contributed by atoms with Crippen LogP contribution in [0.5, 0.6) is 0 Å². The number of hydrogen-bond acceptors (Lipinski definition) is 5. The SMILES string of the molecule is CCC(C)C(NC(=O)OCc1ccccc1)C(=O)NC1(C(=O)NC(C(N)=O)C(C)C)CCc2[nH]c3c(C)cccc3c2C1. The second-order valence-corrected chi connectivity index (χ2v) is 12.0. The molecule has 1 aromatic heterocycles. The Bertz CT molecular complexity index is 1480. The van der Waals surface area contributed by atoms with Crippen molar-refractivity contribution in [3.05, 3.63) is 70.9 Å². The molecule has 0 bridgehead atoms. The average Bonchev–Trinajstić information content (AvgIpc) is 3.36. The summed E-state index contributed by atoms with van der Waals surface area (Å²) in [6.07, 6.45) is 0.867. The number of carbonyl (C=O) groups is 4. The Balaban J connectivity index is 1.63. The number of para-hydroxylation sites is 1. The third kappa shape index (κ3) is 7.01. The van der Waals surface area contributed by atoms with Gasteiger partial charge >= 0.3 is 6.09 Å². The minimum Gasteiger partial charge on any atom is -0.445 e. The molecule has 4 amide bonds. The summed E-state index contributed by atoms with van der Waals surface area (Å²) in [7, 11) is 0. The largest absolute Gasteiger partial charge is 0.445 e. The van der Waals surface area contributed by atoms with E-state index in [9.17, 15) is 19.2 Å². The number of ether oxygens (including phenoxy) is 1. The smallest absolute Gasteiger partial charge is 0.408 e. The van der Waals surface area contributed by atoms with Crippen LogP contribution in [0.4, 0.5) is 4.79 Å². The molecule has 1 aliphatic rings. The molecule has 4 unspecified atom stereocenters. The van der Waals surface area contributed by atoms with Crippen molar-refractivity contribution < 1.29 is 23.9 Å². The lowest BCUT2D eigenvalue weighted by molar-refractivity contribution is -0.137. The lowest BCUT2D eigenvalue weighted by Gasteiger charge is -2.39. The van der Waals surface area contributed by atoms with Crippen molar-refractivity contribution in [2.45, 2.75) is 84.5 Å². The van der Waals surface area contributed by atoms with Crippen LogP contribution in [0.2, 0.25) is 0 Å². The fourth-order valence-electron chi connectivity index (χ4n) is 5.73. The highest BCUT2D eigenvalue weighted by Gasteiger charge is 2.46. The second kappa shape index (κ2) is 13.3. The molecular weight excluding hydrogens is 546 g/mol. The van der Waals surface area contributed by atoms with Gasteiger partial charge in [0, 0.05) is 23.0 Å². The van der Waals surface area contributed by atoms with Crippen LogP contribution >= 0.6 is 0 Å². The number of aromatic nitrogens is 1. The highest BCUT2D eigenvalue weighted by atomic mass is 16.5. The van der Waals surface area contributed by atoms with E-state index >= 15 is 0 Å². The molecule has 4 atom stereocenters. The number of aryl methyl sites for hydroxylation is 2. The molecule has 1 aliphatic carbocycles. The van der Waals surface area contributed by atoms with E-state index in [0.717, 1.165) is 33.3 Å². The number of alkyl carbamates (subject to hydrolysis) is 1. The zero-order valence-electron chi connectivity index (χ0n) is 25.6. The van der Waals surface area contributed by atoms with Crippen molar-refractivity contribution in [3.63, 3.8) is 0 Å². The number of amides is 4. The van der Waals surface area contributed by atoms with Gasteiger partial charge in [-0.3, -0.25) is 14.4 Å². The van der Waals surface area contributed by atoms with E-state index in [1.165, 1.54) is 0 Å². The molecular formula is C33H43N5O5. The van der Waals surface area contributed by atoms with E-state index in [2.05, 4.69) is 20.9 Å². The summed E-state index contributed by atoms with van der Waals surface area (Å²) in [6.45, 7) is 9.45. The Morgan fingerprint density at radius 2 is 1.72 bits per heavy atom. The molecule has 0 spiro atoms. The number of aromatic amines is 1. The van der Waals surface area contributed by atoms with Gasteiger partial charge in [-0.1, -0.05) is 82.6 Å². The third-order valence-electron chi connectivity index (χ3n) is 8.56. The molecule has 0 saturated carbocycles. The highest BCUT2D eigenvalue weighted by Crippen LogP contribution is 2.35. The minimum absolute atomic E-state index is 0.0559. The van der Waals surface area contributed by atoms with Gasteiger partial charge in [0.25, 0.3) is 0 Å². The number of benzene rings is 2. The van der Waals surface area contributed by atoms with E-state index < -0.39 is 41.4 Å². The van der Waals surface area contributed by atoms with Gasteiger partial charge in [0.1, 0.15) is 24.2 Å². The number of H-pyrrole nitrogens is 1. The lowest BCUT2D eigenvalue weighted by atomic mass is 9.78. The van der Waals surface area contributed by atoms with Crippen molar-refractivity contribution in [3.8, 4) is 0 Å². The minimum atomic E-state index is -1.38. The van der Waals surface area contributed by atoms with Crippen molar-refractivity contribution in [1.29, 1.82) is 0 Å². The second-order valence-electron chi connectivity index (χ2n) is 12.0. The summed E-state index contributed by atoms with van der Waals surface area (Å²) in [5.74, 6) is -2.14. The van der Waals surface area contributed by atoms with Gasteiger partial charge in [0.05, 0.1) is 0 Å². The Morgan fingerprint density at radius 3 is 2.37 bits per heavy atom. The Kier molecular flexibility index (Phi) is 9.78. The molecule has 0 saturated heterocycles. The van der Waals surface area contributed by atoms with Gasteiger partial charge < -0.3 is 31.4 Å². The zero-order chi connectivity index (χ0) is 31.3. The quantitative estimate of drug-likeness (QED) is 0.230. The van der Waals surface area contributed by atoms with Gasteiger partial charge in [-0.15, -0.1) is 0 Å². The van der Waals surface area contributed by atoms with Gasteiger partial charge in [0.15, 0.2) is 0 Å². The Labute approximate surface area is 252 Å². The molecule has 3 aromatic rings. The highest BCUT2D eigenvalue weighted by molar-refractivity contribution is 5.98. The number of primary amides is 1. The molecule has 230 valence electrons. The normalized spacial score (nSPS) is 18.3. The molecule has 6 N–H and O–H groups in total. The first-order chi connectivity index (χ1) is 20.5. The molecule has 10 nitrogen and oxygen atoms in total. The summed E-state index contributed by atoms with van der Waals surface area (Å²) < 4.78 is 5.40. The topological polar surface area (TPSA) is 155 Å². The molecule has 10 heteroatoms. The van der Waals surface area contributed by atoms with Crippen molar-refractivity contribution in [2.75, 3.05) is 0 Å². The predicted molar refractivity (Wildman–Crippen MR) is 165 cm³/mol. The van der Waals surface area contributed by atoms with E-state index in [1.807, 2.05) is 69.3 Å². The maximum absolute atomic E-state index is 14.1. The molecule has 1 heterocycles. The van der Waals surface area contributed by atoms with Crippen molar-refractivity contribution >= 4 is 34.7 Å². The van der Waals surface area contributed by atoms with E-state index in [-0.39, 0.29) is 24.9 Å². The number of nitrogens with two attached hydrogens (primary N) is 1. The zero-order valence-corrected chi connectivity index (χ0v) is 25.6. The molecule has 0 radical (unpaired) electrons. The summed E-state index contributed by atoms with van der Waals surface area (Å²) in [5, 5.41) is 9.57. The van der Waals surface area contributed by atoms with Crippen LogP contribution in [0.25, 0.3) is 10.9 Å². The first-order valence-corrected chi connectivity index (χ1v) is 14.9. The van der Waals surface area contributed by atoms with Crippen LogP contribution in [0.1, 0.15) is 62.9 Å². The van der Waals surface area contributed by atoms with Crippen LogP contribution in [0.15, 0.2) is 48.5 Å². The summed E-state index contributed by atoms with van der Waals surface area (Å²) in [6, 6.07) is 13.4. The lowest BCUT2D eigenvalue weighted by Crippen LogP contribution is -2.67. The van der Waals surface area contributed by atoms with Crippen molar-refractivity contribution in [2.24, 2.45) is 17.6 Å². The van der Waals surface area contributed by atoms with Gasteiger partial charge in [-0.25, -0.2) is 4.79 Å². The number of rotatable bonds is 11. The van der Waals surface area contributed by atoms with E-state index in [1.54, 1.807) is 13.8 Å². The molecule has 2 aromatic carbocycles. The predicted octanol–water partition coefficient (Wildman–Crippen LogP) is 3.79. The van der Waals surface area contributed by atoms with Crippen molar-refractivity contribution in [1.82, 2.24) is 20.9 Å². The maximum Gasteiger partial charge on any atom is 0.408 e. The fourth-order valence-corrected chi connectivity index (χ4v) is 5.73. The standard InChI is InChI=1S/C33H43N5O5/c1-6-20(4)28(37-32(42)43-18-22-12-8-7-9-13-22)30(40)38-33(31(41)36-26(19(2)3)29(34)39)16-15-25-24(17-33)23-14-10-11-21(5)27(23)35-25/h7-14,19-20,26,28,35H,6,15-18H2,1-5H3,(H2,34,39)(H,36,41)(H,37,42)(H,38,40). The molecule has 4 rings (SSSR count). The van der Waals surface area contributed by atoms with Crippen LogP contribution in [-0.2, 0) is 38.6 Å². The summed E-state index contributed by atoms with van der Waals surface area (Å²) in [5.41, 5.74) is 9.10. The fraction of sp³-hybridized carbons (Fsp3) is 0.455. The van der Waals surface area contributed by atoms with Crippen LogP contribution < -0.4 is 21.7 Å². The first kappa shape index (κ1) is 31.6. The number of fused-ring (bicyclic) bond motifs is 3. The first-order valence-electron chi connectivity index (χ1n) is 14.9. The average molecular weight is 590 g/mol. The van der Waals surface area contributed by atoms with Gasteiger partial charge in [-0.2, -0.15) is 0 Å². The van der Waals surface area contributed by atoms with Crippen LogP contribution in [0.3, 0.4) is 0 Å². The number of hydrogen-bond donors (Lipinski definition) is 5. The monoisotopic (exact) mass is 589 g/mol. The van der Waals surface area contributed by atoms with Gasteiger partial charge in [-0.05, 0) is 48.3 Å². The van der Waals surface area contributed by atoms with Crippen LogP contribution in [-0.4, -0.2) is 46.4 Å². The summed E-state index contributed by atoms with van der Waals surface area (Å²) in [4.78, 5) is 56.6. The van der Waals surface area contributed by atoms with Crippen LogP contribution in [0, 0.1) is 18.8 Å². The van der Waals surface area contributed by atoms with E-state index in [4.69, 9.17) is 10.5 Å². The molecule has 0 aliphatic heterocycles. The number of carbonyl (C=O) groups excluding carboxylic acids is 4. The number of nitrogens with one attached hydrogen (secondary N) is 4. The molecule has 43 heavy (non-hydrogen) atoms. The van der Waals surface area contributed by atoms with E-state index in [0.29, 0.717) is 19.3 Å². The maximum atomic E-state index is 14.1. The Morgan fingerprint density at radius 1 is 1.00 bits per heavy atom. The third-order valence-corrected chi connectivity index (χ3v) is 8.56.